The number of hydrogen-bond donors (Lipinski definition) is 2. The fourth-order valence-corrected chi connectivity index (χ4v) is 3.30. The molecule has 3 rings (SSSR count). The van der Waals surface area contributed by atoms with Crippen LogP contribution >= 0.6 is 0 Å². The first-order chi connectivity index (χ1) is 12.2. The second-order valence-corrected chi connectivity index (χ2v) is 6.25. The molecule has 0 bridgehead atoms. The monoisotopic (exact) mass is 338 g/mol. The third-order valence-electron chi connectivity index (χ3n) is 4.39. The van der Waals surface area contributed by atoms with Crippen molar-refractivity contribution in [2.45, 2.75) is 25.2 Å². The fourth-order valence-electron chi connectivity index (χ4n) is 3.30. The highest BCUT2D eigenvalue weighted by Gasteiger charge is 2.24. The first-order valence-corrected chi connectivity index (χ1v) is 8.42. The van der Waals surface area contributed by atoms with Crippen LogP contribution in [0.25, 0.3) is 0 Å². The third-order valence-corrected chi connectivity index (χ3v) is 4.39. The van der Waals surface area contributed by atoms with Crippen molar-refractivity contribution in [3.05, 3.63) is 59.7 Å². The van der Waals surface area contributed by atoms with Crippen LogP contribution in [0.5, 0.6) is 0 Å². The Morgan fingerprint density at radius 3 is 2.52 bits per heavy atom. The number of rotatable bonds is 6. The Bertz CT molecular complexity index is 773. The molecule has 1 aliphatic rings. The van der Waals surface area contributed by atoms with Gasteiger partial charge in [-0.2, -0.15) is 0 Å². The summed E-state index contributed by atoms with van der Waals surface area (Å²) >= 11 is 0. The van der Waals surface area contributed by atoms with Crippen LogP contribution < -0.4 is 10.6 Å². The van der Waals surface area contributed by atoms with E-state index in [1.54, 1.807) is 18.2 Å². The molecule has 0 fully saturated rings. The molecule has 0 aromatic heterocycles. The van der Waals surface area contributed by atoms with Crippen molar-refractivity contribution in [3.63, 3.8) is 0 Å². The SMILES string of the molecule is COCC(=O)Nc1cccc(NC(=O)C[C@@H]2CCc3ccccc32)c1. The van der Waals surface area contributed by atoms with Crippen LogP contribution in [-0.2, 0) is 20.7 Å². The van der Waals surface area contributed by atoms with Crippen LogP contribution in [0, 0.1) is 0 Å². The van der Waals surface area contributed by atoms with Gasteiger partial charge in [0.2, 0.25) is 11.8 Å². The van der Waals surface area contributed by atoms with Crippen LogP contribution in [0.15, 0.2) is 48.5 Å². The molecule has 1 atom stereocenters. The molecule has 2 aromatic rings. The van der Waals surface area contributed by atoms with Crippen LogP contribution in [0.4, 0.5) is 11.4 Å². The lowest BCUT2D eigenvalue weighted by molar-refractivity contribution is -0.119. The lowest BCUT2D eigenvalue weighted by Crippen LogP contribution is -2.18. The zero-order valence-electron chi connectivity index (χ0n) is 14.2. The summed E-state index contributed by atoms with van der Waals surface area (Å²) in [6.07, 6.45) is 2.52. The summed E-state index contributed by atoms with van der Waals surface area (Å²) in [5.41, 5.74) is 3.94. The molecule has 5 heteroatoms. The number of benzene rings is 2. The third kappa shape index (κ3) is 4.45. The van der Waals surface area contributed by atoms with Gasteiger partial charge < -0.3 is 15.4 Å². The molecule has 2 amide bonds. The number of amides is 2. The number of fused-ring (bicyclic) bond motifs is 1. The van der Waals surface area contributed by atoms with E-state index in [2.05, 4.69) is 22.8 Å². The highest BCUT2D eigenvalue weighted by molar-refractivity contribution is 5.94. The van der Waals surface area contributed by atoms with Crippen LogP contribution in [0.1, 0.15) is 29.9 Å². The molecule has 0 saturated heterocycles. The lowest BCUT2D eigenvalue weighted by Gasteiger charge is -2.12. The summed E-state index contributed by atoms with van der Waals surface area (Å²) in [4.78, 5) is 24.0. The highest BCUT2D eigenvalue weighted by Crippen LogP contribution is 2.35. The number of aryl methyl sites for hydroxylation is 1. The van der Waals surface area contributed by atoms with Crippen molar-refractivity contribution in [2.75, 3.05) is 24.4 Å². The van der Waals surface area contributed by atoms with E-state index in [-0.39, 0.29) is 24.3 Å². The Hall–Kier alpha value is -2.66. The smallest absolute Gasteiger partial charge is 0.250 e. The Morgan fingerprint density at radius 1 is 1.04 bits per heavy atom. The van der Waals surface area contributed by atoms with Gasteiger partial charge in [0.05, 0.1) is 0 Å². The lowest BCUT2D eigenvalue weighted by atomic mass is 9.97. The van der Waals surface area contributed by atoms with Crippen LogP contribution in [0.3, 0.4) is 0 Å². The topological polar surface area (TPSA) is 67.4 Å². The van der Waals surface area contributed by atoms with E-state index < -0.39 is 0 Å². The second-order valence-electron chi connectivity index (χ2n) is 6.25. The minimum atomic E-state index is -0.228. The van der Waals surface area contributed by atoms with E-state index in [9.17, 15) is 9.59 Å². The molecule has 25 heavy (non-hydrogen) atoms. The Labute approximate surface area is 147 Å². The average molecular weight is 338 g/mol. The van der Waals surface area contributed by atoms with Gasteiger partial charge in [0.1, 0.15) is 6.61 Å². The number of ether oxygens (including phenoxy) is 1. The molecule has 0 unspecified atom stereocenters. The van der Waals surface area contributed by atoms with Gasteiger partial charge in [0.25, 0.3) is 0 Å². The Kier molecular flexibility index (Phi) is 5.46. The van der Waals surface area contributed by atoms with Gasteiger partial charge in [-0.3, -0.25) is 9.59 Å². The van der Waals surface area contributed by atoms with Crippen molar-refractivity contribution in [3.8, 4) is 0 Å². The summed E-state index contributed by atoms with van der Waals surface area (Å²) in [5, 5.41) is 5.65. The number of carbonyl (C=O) groups is 2. The van der Waals surface area contributed by atoms with Crippen molar-refractivity contribution < 1.29 is 14.3 Å². The summed E-state index contributed by atoms with van der Waals surface area (Å²) in [5.74, 6) is 0.0383. The van der Waals surface area contributed by atoms with Crippen molar-refractivity contribution in [1.82, 2.24) is 0 Å². The number of methoxy groups -OCH3 is 1. The van der Waals surface area contributed by atoms with Gasteiger partial charge in [-0.15, -0.1) is 0 Å². The molecule has 130 valence electrons. The molecular formula is C20H22N2O3. The first kappa shape index (κ1) is 17.2. The Morgan fingerprint density at radius 2 is 1.76 bits per heavy atom. The molecule has 0 saturated carbocycles. The maximum absolute atomic E-state index is 12.4. The van der Waals surface area contributed by atoms with Gasteiger partial charge in [-0.25, -0.2) is 0 Å². The van der Waals surface area contributed by atoms with Gasteiger partial charge in [-0.1, -0.05) is 30.3 Å². The predicted molar refractivity (Wildman–Crippen MR) is 97.7 cm³/mol. The zero-order valence-corrected chi connectivity index (χ0v) is 14.2. The molecular weight excluding hydrogens is 316 g/mol. The largest absolute Gasteiger partial charge is 0.375 e. The van der Waals surface area contributed by atoms with Gasteiger partial charge >= 0.3 is 0 Å². The van der Waals surface area contributed by atoms with Gasteiger partial charge in [0, 0.05) is 24.9 Å². The summed E-state index contributed by atoms with van der Waals surface area (Å²) in [6.45, 7) is -0.00231. The average Bonchev–Trinajstić information content (AvgIpc) is 2.98. The van der Waals surface area contributed by atoms with E-state index in [4.69, 9.17) is 4.74 Å². The molecule has 0 aliphatic heterocycles. The summed E-state index contributed by atoms with van der Waals surface area (Å²) < 4.78 is 4.79. The van der Waals surface area contributed by atoms with Crippen molar-refractivity contribution in [2.24, 2.45) is 0 Å². The fraction of sp³-hybridized carbons (Fsp3) is 0.300. The molecule has 1 aliphatic carbocycles. The number of carbonyl (C=O) groups excluding carboxylic acids is 2. The molecule has 0 heterocycles. The number of hydrogen-bond acceptors (Lipinski definition) is 3. The maximum Gasteiger partial charge on any atom is 0.250 e. The zero-order chi connectivity index (χ0) is 17.6. The second kappa shape index (κ2) is 7.94. The molecule has 5 nitrogen and oxygen atoms in total. The van der Waals surface area contributed by atoms with Crippen LogP contribution in [-0.4, -0.2) is 25.5 Å². The highest BCUT2D eigenvalue weighted by atomic mass is 16.5. The maximum atomic E-state index is 12.4. The molecule has 0 spiro atoms. The van der Waals surface area contributed by atoms with E-state index in [1.165, 1.54) is 18.2 Å². The summed E-state index contributed by atoms with van der Waals surface area (Å²) in [7, 11) is 1.47. The Balaban J connectivity index is 1.59. The van der Waals surface area contributed by atoms with E-state index in [0.29, 0.717) is 17.8 Å². The van der Waals surface area contributed by atoms with Crippen LogP contribution in [0.2, 0.25) is 0 Å². The van der Waals surface area contributed by atoms with E-state index in [1.807, 2.05) is 18.2 Å². The quantitative estimate of drug-likeness (QED) is 0.849. The first-order valence-electron chi connectivity index (χ1n) is 8.42. The van der Waals surface area contributed by atoms with Crippen molar-refractivity contribution in [1.29, 1.82) is 0 Å². The predicted octanol–water partition coefficient (Wildman–Crippen LogP) is 3.33. The van der Waals surface area contributed by atoms with E-state index >= 15 is 0 Å². The van der Waals surface area contributed by atoms with Gasteiger partial charge in [0.15, 0.2) is 0 Å². The van der Waals surface area contributed by atoms with Gasteiger partial charge in [-0.05, 0) is 48.1 Å². The van der Waals surface area contributed by atoms with E-state index in [0.717, 1.165) is 12.8 Å². The standard InChI is InChI=1S/C20H22N2O3/c1-25-13-20(24)22-17-7-4-6-16(12-17)21-19(23)11-15-10-9-14-5-2-3-8-18(14)15/h2-8,12,15H,9-11,13H2,1H3,(H,21,23)(H,22,24)/t15-/m0/s1. The molecule has 2 N–H and O–H groups in total. The normalized spacial score (nSPS) is 15.5. The summed E-state index contributed by atoms with van der Waals surface area (Å²) in [6, 6.07) is 15.5. The molecule has 2 aromatic carbocycles. The number of nitrogens with one attached hydrogen (secondary N) is 2. The van der Waals surface area contributed by atoms with Crippen molar-refractivity contribution >= 4 is 23.2 Å². The number of anilines is 2. The minimum Gasteiger partial charge on any atom is -0.375 e. The molecule has 0 radical (unpaired) electrons. The minimum absolute atomic E-state index is 0.00231.